The van der Waals surface area contributed by atoms with Gasteiger partial charge in [-0.25, -0.2) is 4.98 Å². The highest BCUT2D eigenvalue weighted by atomic mass is 35.5. The van der Waals surface area contributed by atoms with Crippen molar-refractivity contribution in [3.05, 3.63) is 35.4 Å². The lowest BCUT2D eigenvalue weighted by atomic mass is 9.94. The number of imidazole rings is 1. The number of hydrogen-bond acceptors (Lipinski definition) is 3. The molecule has 1 saturated carbocycles. The van der Waals surface area contributed by atoms with E-state index in [1.54, 1.807) is 12.5 Å². The molecule has 0 bridgehead atoms. The summed E-state index contributed by atoms with van der Waals surface area (Å²) in [6, 6.07) is 3.79. The van der Waals surface area contributed by atoms with Crippen LogP contribution >= 0.6 is 11.6 Å². The second-order valence-electron chi connectivity index (χ2n) is 5.84. The van der Waals surface area contributed by atoms with Crippen LogP contribution in [-0.2, 0) is 5.60 Å². The fraction of sp³-hybridized carbons (Fsp3) is 0.500. The quantitative estimate of drug-likeness (QED) is 0.836. The molecule has 1 aliphatic heterocycles. The number of pyridine rings is 1. The molecule has 2 aliphatic rings. The lowest BCUT2D eigenvalue weighted by Crippen LogP contribution is -2.28. The van der Waals surface area contributed by atoms with Crippen LogP contribution in [0, 0.1) is 11.8 Å². The highest BCUT2D eigenvalue weighted by Gasteiger charge is 2.48. The number of hydrogen-bond donors (Lipinski definition) is 2. The Bertz CT molecular complexity index is 627. The Kier molecular flexibility index (Phi) is 2.43. The standard InChI is InChI=1S/C14H16ClN3O/c15-12-2-1-11-7-17-8-18(11)13(12)14(19)3-9-5-16-6-10(9)4-14/h1-2,7-10,16,19H,3-6H2. The summed E-state index contributed by atoms with van der Waals surface area (Å²) in [5.74, 6) is 1.11. The van der Waals surface area contributed by atoms with Crippen molar-refractivity contribution in [1.29, 1.82) is 0 Å². The molecule has 0 radical (unpaired) electrons. The van der Waals surface area contributed by atoms with Gasteiger partial charge in [-0.1, -0.05) is 11.6 Å². The fourth-order valence-electron chi connectivity index (χ4n) is 3.82. The molecule has 2 fully saturated rings. The minimum Gasteiger partial charge on any atom is -0.384 e. The van der Waals surface area contributed by atoms with Gasteiger partial charge in [-0.2, -0.15) is 0 Å². The molecule has 5 heteroatoms. The van der Waals surface area contributed by atoms with Gasteiger partial charge in [-0.3, -0.25) is 4.40 Å². The summed E-state index contributed by atoms with van der Waals surface area (Å²) < 4.78 is 1.93. The second-order valence-corrected chi connectivity index (χ2v) is 6.24. The minimum absolute atomic E-state index is 0.555. The van der Waals surface area contributed by atoms with Gasteiger partial charge in [0.05, 0.1) is 28.8 Å². The van der Waals surface area contributed by atoms with Crippen molar-refractivity contribution in [2.24, 2.45) is 11.8 Å². The van der Waals surface area contributed by atoms with Crippen molar-refractivity contribution < 1.29 is 5.11 Å². The maximum absolute atomic E-state index is 11.1. The normalized spacial score (nSPS) is 34.0. The van der Waals surface area contributed by atoms with E-state index in [1.807, 2.05) is 16.5 Å². The van der Waals surface area contributed by atoms with E-state index < -0.39 is 5.60 Å². The van der Waals surface area contributed by atoms with Crippen LogP contribution in [0.2, 0.25) is 5.02 Å². The Hall–Kier alpha value is -1.10. The first-order valence-corrected chi connectivity index (χ1v) is 7.09. The maximum Gasteiger partial charge on any atom is 0.107 e. The Morgan fingerprint density at radius 1 is 1.32 bits per heavy atom. The number of aromatic nitrogens is 2. The van der Waals surface area contributed by atoms with Gasteiger partial charge in [0.1, 0.15) is 5.60 Å². The Morgan fingerprint density at radius 3 is 2.79 bits per heavy atom. The molecule has 2 unspecified atom stereocenters. The van der Waals surface area contributed by atoms with Crippen LogP contribution in [0.4, 0.5) is 0 Å². The van der Waals surface area contributed by atoms with Crippen molar-refractivity contribution in [3.8, 4) is 0 Å². The fourth-order valence-corrected chi connectivity index (χ4v) is 4.15. The van der Waals surface area contributed by atoms with Gasteiger partial charge in [-0.15, -0.1) is 0 Å². The number of halogens is 1. The first-order chi connectivity index (χ1) is 9.17. The summed E-state index contributed by atoms with van der Waals surface area (Å²) in [6.45, 7) is 2.01. The van der Waals surface area contributed by atoms with Crippen LogP contribution in [0.1, 0.15) is 18.5 Å². The average molecular weight is 278 g/mol. The zero-order valence-electron chi connectivity index (χ0n) is 10.5. The van der Waals surface area contributed by atoms with E-state index in [4.69, 9.17) is 11.6 Å². The van der Waals surface area contributed by atoms with Gasteiger partial charge in [0, 0.05) is 0 Å². The van der Waals surface area contributed by atoms with Gasteiger partial charge in [0.25, 0.3) is 0 Å². The molecule has 2 aromatic heterocycles. The van der Waals surface area contributed by atoms with Gasteiger partial charge in [0.2, 0.25) is 0 Å². The molecule has 1 saturated heterocycles. The van der Waals surface area contributed by atoms with Crippen molar-refractivity contribution in [1.82, 2.24) is 14.7 Å². The predicted octanol–water partition coefficient (Wildman–Crippen LogP) is 1.80. The first kappa shape index (κ1) is 11.7. The van der Waals surface area contributed by atoms with Crippen molar-refractivity contribution in [2.75, 3.05) is 13.1 Å². The molecule has 4 nitrogen and oxygen atoms in total. The molecule has 19 heavy (non-hydrogen) atoms. The molecule has 0 aromatic carbocycles. The summed E-state index contributed by atoms with van der Waals surface area (Å²) in [7, 11) is 0. The number of nitrogens with one attached hydrogen (secondary N) is 1. The molecule has 1 aliphatic carbocycles. The van der Waals surface area contributed by atoms with Crippen LogP contribution in [0.25, 0.3) is 5.52 Å². The Labute approximate surface area is 116 Å². The third kappa shape index (κ3) is 1.64. The molecular weight excluding hydrogens is 262 g/mol. The third-order valence-electron chi connectivity index (χ3n) is 4.65. The molecule has 100 valence electrons. The summed E-state index contributed by atoms with van der Waals surface area (Å²) >= 11 is 6.36. The molecule has 0 amide bonds. The second kappa shape index (κ2) is 3.95. The lowest BCUT2D eigenvalue weighted by molar-refractivity contribution is 0.0304. The molecule has 3 heterocycles. The van der Waals surface area contributed by atoms with Crippen molar-refractivity contribution in [3.63, 3.8) is 0 Å². The molecule has 4 rings (SSSR count). The van der Waals surface area contributed by atoms with E-state index in [1.165, 1.54) is 0 Å². The molecule has 0 spiro atoms. The number of rotatable bonds is 1. The third-order valence-corrected chi connectivity index (χ3v) is 4.96. The van der Waals surface area contributed by atoms with E-state index in [-0.39, 0.29) is 0 Å². The van der Waals surface area contributed by atoms with E-state index >= 15 is 0 Å². The van der Waals surface area contributed by atoms with E-state index in [9.17, 15) is 5.11 Å². The number of aliphatic hydroxyl groups is 1. The van der Waals surface area contributed by atoms with Crippen LogP contribution < -0.4 is 5.32 Å². The first-order valence-electron chi connectivity index (χ1n) is 6.71. The molecule has 2 N–H and O–H groups in total. The summed E-state index contributed by atoms with van der Waals surface area (Å²) in [4.78, 5) is 4.16. The zero-order valence-corrected chi connectivity index (χ0v) is 11.3. The Morgan fingerprint density at radius 2 is 2.05 bits per heavy atom. The molecular formula is C14H16ClN3O. The number of nitrogens with zero attached hydrogens (tertiary/aromatic N) is 2. The SMILES string of the molecule is OC1(c2c(Cl)ccc3cncn23)CC2CNCC2C1. The van der Waals surface area contributed by atoms with Crippen LogP contribution in [0.5, 0.6) is 0 Å². The van der Waals surface area contributed by atoms with Crippen molar-refractivity contribution >= 4 is 17.1 Å². The van der Waals surface area contributed by atoms with E-state index in [0.717, 1.165) is 37.1 Å². The summed E-state index contributed by atoms with van der Waals surface area (Å²) in [6.07, 6.45) is 5.09. The zero-order chi connectivity index (χ0) is 13.0. The predicted molar refractivity (Wildman–Crippen MR) is 73.2 cm³/mol. The maximum atomic E-state index is 11.1. The van der Waals surface area contributed by atoms with Gasteiger partial charge in [0.15, 0.2) is 0 Å². The monoisotopic (exact) mass is 277 g/mol. The lowest BCUT2D eigenvalue weighted by Gasteiger charge is -2.26. The van der Waals surface area contributed by atoms with E-state index in [2.05, 4.69) is 10.3 Å². The van der Waals surface area contributed by atoms with Gasteiger partial charge < -0.3 is 10.4 Å². The smallest absolute Gasteiger partial charge is 0.107 e. The van der Waals surface area contributed by atoms with Crippen LogP contribution in [0.3, 0.4) is 0 Å². The highest BCUT2D eigenvalue weighted by Crippen LogP contribution is 2.48. The van der Waals surface area contributed by atoms with Crippen molar-refractivity contribution in [2.45, 2.75) is 18.4 Å². The van der Waals surface area contributed by atoms with Crippen LogP contribution in [0.15, 0.2) is 24.7 Å². The van der Waals surface area contributed by atoms with Crippen LogP contribution in [-0.4, -0.2) is 27.6 Å². The summed E-state index contributed by atoms with van der Waals surface area (Å²) in [5.41, 5.74) is 0.955. The van der Waals surface area contributed by atoms with E-state index in [0.29, 0.717) is 16.9 Å². The number of fused-ring (bicyclic) bond motifs is 2. The van der Waals surface area contributed by atoms with Gasteiger partial charge in [-0.05, 0) is 49.9 Å². The average Bonchev–Trinajstić information content (AvgIpc) is 3.02. The topological polar surface area (TPSA) is 49.6 Å². The largest absolute Gasteiger partial charge is 0.384 e. The van der Waals surface area contributed by atoms with Gasteiger partial charge >= 0.3 is 0 Å². The molecule has 2 atom stereocenters. The minimum atomic E-state index is -0.825. The highest BCUT2D eigenvalue weighted by molar-refractivity contribution is 6.31. The summed E-state index contributed by atoms with van der Waals surface area (Å²) in [5, 5.41) is 15.1. The molecule has 2 aromatic rings. The Balaban J connectivity index is 1.86.